The maximum Gasteiger partial charge on any atom is 0.256 e. The first-order chi connectivity index (χ1) is 10.1. The summed E-state index contributed by atoms with van der Waals surface area (Å²) in [5.41, 5.74) is 2.65. The third kappa shape index (κ3) is 4.94. The van der Waals surface area contributed by atoms with Gasteiger partial charge in [-0.3, -0.25) is 4.79 Å². The Morgan fingerprint density at radius 1 is 1.10 bits per heavy atom. The number of aryl methyl sites for hydroxylation is 1. The normalized spacial score (nSPS) is 10.4. The Kier molecular flexibility index (Phi) is 6.45. The summed E-state index contributed by atoms with van der Waals surface area (Å²) in [6, 6.07) is 13.5. The molecule has 0 heterocycles. The van der Waals surface area contributed by atoms with E-state index in [2.05, 4.69) is 59.2 Å². The predicted molar refractivity (Wildman–Crippen MR) is 98.4 cm³/mol. The lowest BCUT2D eigenvalue weighted by Crippen LogP contribution is -2.12. The molecule has 0 bridgehead atoms. The molecule has 0 aliphatic carbocycles. The minimum absolute atomic E-state index is 0.124. The van der Waals surface area contributed by atoms with Gasteiger partial charge in [0.1, 0.15) is 0 Å². The number of carbonyl (C=O) groups excluding carboxylic acids is 1. The maximum atomic E-state index is 12.3. The zero-order valence-electron chi connectivity index (χ0n) is 11.2. The fourth-order valence-electron chi connectivity index (χ4n) is 1.95. The van der Waals surface area contributed by atoms with Crippen molar-refractivity contribution in [1.29, 1.82) is 0 Å². The topological polar surface area (TPSA) is 29.1 Å². The highest BCUT2D eigenvalue weighted by atomic mass is 79.9. The second-order valence-electron chi connectivity index (χ2n) is 4.57. The van der Waals surface area contributed by atoms with Gasteiger partial charge in [0, 0.05) is 20.0 Å². The molecule has 1 amide bonds. The first-order valence-electron chi connectivity index (χ1n) is 6.51. The van der Waals surface area contributed by atoms with Gasteiger partial charge in [-0.2, -0.15) is 0 Å². The molecule has 0 aromatic heterocycles. The fourth-order valence-corrected chi connectivity index (χ4v) is 3.01. The molecule has 0 atom stereocenters. The van der Waals surface area contributed by atoms with Crippen molar-refractivity contribution in [1.82, 2.24) is 0 Å². The molecule has 2 aromatic carbocycles. The summed E-state index contributed by atoms with van der Waals surface area (Å²) < 4.78 is 1.65. The number of rotatable bonds is 5. The largest absolute Gasteiger partial charge is 0.322 e. The van der Waals surface area contributed by atoms with Gasteiger partial charge in [-0.1, -0.05) is 44.0 Å². The van der Waals surface area contributed by atoms with Crippen LogP contribution in [0.3, 0.4) is 0 Å². The molecule has 0 radical (unpaired) electrons. The fraction of sp³-hybridized carbons (Fsp3) is 0.188. The summed E-state index contributed by atoms with van der Waals surface area (Å²) in [5, 5.41) is 3.92. The van der Waals surface area contributed by atoms with Gasteiger partial charge in [0.2, 0.25) is 0 Å². The van der Waals surface area contributed by atoms with Crippen LogP contribution in [-0.2, 0) is 6.42 Å². The van der Waals surface area contributed by atoms with Crippen LogP contribution in [0.4, 0.5) is 5.69 Å². The second-order valence-corrected chi connectivity index (χ2v) is 7.13. The number of anilines is 1. The van der Waals surface area contributed by atoms with Gasteiger partial charge in [0.05, 0.1) is 5.56 Å². The van der Waals surface area contributed by atoms with Gasteiger partial charge in [-0.25, -0.2) is 0 Å². The van der Waals surface area contributed by atoms with Crippen LogP contribution in [0.5, 0.6) is 0 Å². The Bertz CT molecular complexity index is 643. The van der Waals surface area contributed by atoms with Crippen molar-refractivity contribution < 1.29 is 4.79 Å². The van der Waals surface area contributed by atoms with Gasteiger partial charge in [0.15, 0.2) is 0 Å². The summed E-state index contributed by atoms with van der Waals surface area (Å²) in [5.74, 6) is -0.124. The molecule has 1 N–H and O–H groups in total. The van der Waals surface area contributed by atoms with Gasteiger partial charge >= 0.3 is 0 Å². The predicted octanol–water partition coefficient (Wildman–Crippen LogP) is 5.79. The van der Waals surface area contributed by atoms with Crippen LogP contribution in [0.2, 0.25) is 0 Å². The molecular formula is C16H14Br3NO. The highest BCUT2D eigenvalue weighted by Crippen LogP contribution is 2.23. The number of halogens is 3. The maximum absolute atomic E-state index is 12.3. The van der Waals surface area contributed by atoms with Crippen LogP contribution in [0, 0.1) is 0 Å². The van der Waals surface area contributed by atoms with E-state index in [0.29, 0.717) is 5.56 Å². The van der Waals surface area contributed by atoms with Crippen LogP contribution in [0.25, 0.3) is 0 Å². The van der Waals surface area contributed by atoms with Crippen LogP contribution < -0.4 is 5.32 Å². The van der Waals surface area contributed by atoms with Crippen molar-refractivity contribution in [2.75, 3.05) is 10.6 Å². The number of hydrogen-bond acceptors (Lipinski definition) is 1. The molecule has 2 rings (SSSR count). The van der Waals surface area contributed by atoms with Gasteiger partial charge in [0.25, 0.3) is 5.91 Å². The van der Waals surface area contributed by atoms with Crippen LogP contribution in [0.15, 0.2) is 51.4 Å². The smallest absolute Gasteiger partial charge is 0.256 e. The van der Waals surface area contributed by atoms with Crippen molar-refractivity contribution in [3.63, 3.8) is 0 Å². The Morgan fingerprint density at radius 3 is 2.67 bits per heavy atom. The first-order valence-corrected chi connectivity index (χ1v) is 9.22. The van der Waals surface area contributed by atoms with Crippen molar-refractivity contribution in [2.45, 2.75) is 12.8 Å². The summed E-state index contributed by atoms with van der Waals surface area (Å²) in [7, 11) is 0. The second kappa shape index (κ2) is 8.11. The van der Waals surface area contributed by atoms with E-state index in [1.807, 2.05) is 30.3 Å². The van der Waals surface area contributed by atoms with Crippen LogP contribution in [-0.4, -0.2) is 11.2 Å². The van der Waals surface area contributed by atoms with Crippen molar-refractivity contribution >= 4 is 59.4 Å². The summed E-state index contributed by atoms with van der Waals surface area (Å²) in [6.45, 7) is 0. The highest BCUT2D eigenvalue weighted by molar-refractivity contribution is 9.11. The SMILES string of the molecule is O=C(Nc1cccc(CCCBr)c1)c1cc(Br)ccc1Br. The molecule has 110 valence electrons. The van der Waals surface area contributed by atoms with E-state index in [9.17, 15) is 4.79 Å². The third-order valence-corrected chi connectivity index (χ3v) is 4.70. The minimum Gasteiger partial charge on any atom is -0.322 e. The van der Waals surface area contributed by atoms with Gasteiger partial charge in [-0.15, -0.1) is 0 Å². The molecule has 0 spiro atoms. The summed E-state index contributed by atoms with van der Waals surface area (Å²) in [4.78, 5) is 12.3. The summed E-state index contributed by atoms with van der Waals surface area (Å²) >= 11 is 10.2. The molecule has 0 fully saturated rings. The first kappa shape index (κ1) is 16.7. The number of amides is 1. The summed E-state index contributed by atoms with van der Waals surface area (Å²) in [6.07, 6.45) is 2.07. The molecular weight excluding hydrogens is 462 g/mol. The van der Waals surface area contributed by atoms with Gasteiger partial charge in [-0.05, 0) is 64.7 Å². The number of nitrogens with one attached hydrogen (secondary N) is 1. The Morgan fingerprint density at radius 2 is 1.90 bits per heavy atom. The molecule has 0 unspecified atom stereocenters. The number of benzene rings is 2. The Hall–Kier alpha value is -0.650. The zero-order valence-corrected chi connectivity index (χ0v) is 16.0. The molecule has 0 saturated heterocycles. The zero-order chi connectivity index (χ0) is 15.2. The van der Waals surface area contributed by atoms with E-state index in [1.165, 1.54) is 5.56 Å². The van der Waals surface area contributed by atoms with E-state index in [0.717, 1.165) is 32.8 Å². The highest BCUT2D eigenvalue weighted by Gasteiger charge is 2.11. The number of alkyl halides is 1. The van der Waals surface area contributed by atoms with E-state index in [1.54, 1.807) is 6.07 Å². The Balaban J connectivity index is 2.14. The standard InChI is InChI=1S/C16H14Br3NO/c17-8-2-4-11-3-1-5-13(9-11)20-16(21)14-10-12(18)6-7-15(14)19/h1,3,5-7,9-10H,2,4,8H2,(H,20,21). The molecule has 0 aliphatic rings. The van der Waals surface area contributed by atoms with Crippen molar-refractivity contribution in [3.8, 4) is 0 Å². The molecule has 0 aliphatic heterocycles. The van der Waals surface area contributed by atoms with E-state index in [4.69, 9.17) is 0 Å². The van der Waals surface area contributed by atoms with Gasteiger partial charge < -0.3 is 5.32 Å². The Labute approximate surface area is 149 Å². The molecule has 0 saturated carbocycles. The average Bonchev–Trinajstić information content (AvgIpc) is 2.48. The van der Waals surface area contributed by atoms with E-state index < -0.39 is 0 Å². The van der Waals surface area contributed by atoms with Crippen molar-refractivity contribution in [2.24, 2.45) is 0 Å². The van der Waals surface area contributed by atoms with Crippen LogP contribution in [0.1, 0.15) is 22.3 Å². The average molecular weight is 476 g/mol. The van der Waals surface area contributed by atoms with E-state index >= 15 is 0 Å². The van der Waals surface area contributed by atoms with E-state index in [-0.39, 0.29) is 5.91 Å². The van der Waals surface area contributed by atoms with Crippen molar-refractivity contribution in [3.05, 3.63) is 62.5 Å². The molecule has 2 nitrogen and oxygen atoms in total. The minimum atomic E-state index is -0.124. The lowest BCUT2D eigenvalue weighted by Gasteiger charge is -2.09. The quantitative estimate of drug-likeness (QED) is 0.545. The molecule has 5 heteroatoms. The number of carbonyl (C=O) groups is 1. The van der Waals surface area contributed by atoms with Crippen LogP contribution >= 0.6 is 47.8 Å². The molecule has 21 heavy (non-hydrogen) atoms. The monoisotopic (exact) mass is 473 g/mol. The molecule has 2 aromatic rings. The third-order valence-electron chi connectivity index (χ3n) is 2.96. The number of hydrogen-bond donors (Lipinski definition) is 1. The lowest BCUT2D eigenvalue weighted by atomic mass is 10.1. The lowest BCUT2D eigenvalue weighted by molar-refractivity contribution is 0.102.